The quantitative estimate of drug-likeness (QED) is 0.283. The van der Waals surface area contributed by atoms with E-state index in [1.165, 1.54) is 23.0 Å². The van der Waals surface area contributed by atoms with Crippen molar-refractivity contribution >= 4 is 71.2 Å². The number of nitrogens with zero attached hydrogens (tertiary/aromatic N) is 2. The lowest BCUT2D eigenvalue weighted by molar-refractivity contribution is -0.139. The van der Waals surface area contributed by atoms with Gasteiger partial charge in [0.25, 0.3) is 5.56 Å². The summed E-state index contributed by atoms with van der Waals surface area (Å²) < 4.78 is 26.4. The lowest BCUT2D eigenvalue weighted by Gasteiger charge is -2.26. The lowest BCUT2D eigenvalue weighted by Crippen LogP contribution is -2.40. The normalized spacial score (nSPS) is 15.1. The van der Waals surface area contributed by atoms with E-state index in [9.17, 15) is 9.59 Å². The number of fused-ring (bicyclic) bond motifs is 1. The minimum atomic E-state index is -0.822. The Labute approximate surface area is 254 Å². The van der Waals surface area contributed by atoms with Crippen molar-refractivity contribution in [3.8, 4) is 17.2 Å². The molecule has 2 heterocycles. The van der Waals surface area contributed by atoms with E-state index >= 15 is 0 Å². The van der Waals surface area contributed by atoms with Crippen LogP contribution in [-0.2, 0) is 9.53 Å². The number of carbonyl (C=O) groups is 1. The molecule has 0 unspecified atom stereocenters. The molecule has 4 rings (SSSR count). The second-order valence-corrected chi connectivity index (χ2v) is 11.9. The summed E-state index contributed by atoms with van der Waals surface area (Å²) in [5.41, 5.74) is 1.75. The van der Waals surface area contributed by atoms with Crippen LogP contribution < -0.4 is 29.1 Å². The van der Waals surface area contributed by atoms with E-state index in [-0.39, 0.29) is 17.7 Å². The molecule has 0 N–H and O–H groups in total. The van der Waals surface area contributed by atoms with Crippen LogP contribution in [-0.4, -0.2) is 38.0 Å². The van der Waals surface area contributed by atoms with Gasteiger partial charge in [-0.05, 0) is 72.6 Å². The second kappa shape index (κ2) is 12.4. The molecule has 39 heavy (non-hydrogen) atoms. The molecule has 8 nitrogen and oxygen atoms in total. The van der Waals surface area contributed by atoms with Crippen molar-refractivity contribution in [2.24, 2.45) is 4.99 Å². The molecule has 0 saturated carbocycles. The van der Waals surface area contributed by atoms with Crippen molar-refractivity contribution in [1.29, 1.82) is 0 Å². The summed E-state index contributed by atoms with van der Waals surface area (Å²) in [5.74, 6) is 1.05. The van der Waals surface area contributed by atoms with Gasteiger partial charge in [-0.2, -0.15) is 0 Å². The molecule has 2 aromatic carbocycles. The topological polar surface area (TPSA) is 88.4 Å². The maximum Gasteiger partial charge on any atom is 0.338 e. The molecule has 0 radical (unpaired) electrons. The molecule has 1 atom stereocenters. The number of carbonyl (C=O) groups excluding carboxylic acids is 1. The Morgan fingerprint density at radius 1 is 1.05 bits per heavy atom. The Bertz CT molecular complexity index is 1660. The molecule has 1 aromatic heterocycles. The average molecular weight is 745 g/mol. The smallest absolute Gasteiger partial charge is 0.338 e. The van der Waals surface area contributed by atoms with Crippen LogP contribution in [0.3, 0.4) is 0 Å². The zero-order chi connectivity index (χ0) is 28.4. The van der Waals surface area contributed by atoms with E-state index in [4.69, 9.17) is 18.9 Å². The number of hydrogen-bond acceptors (Lipinski definition) is 8. The lowest BCUT2D eigenvalue weighted by atomic mass is 9.95. The Morgan fingerprint density at radius 2 is 1.79 bits per heavy atom. The molecule has 0 saturated heterocycles. The van der Waals surface area contributed by atoms with Gasteiger partial charge in [-0.1, -0.05) is 43.2 Å². The molecule has 206 valence electrons. The summed E-state index contributed by atoms with van der Waals surface area (Å²) in [7, 11) is 3.11. The van der Waals surface area contributed by atoms with E-state index in [1.807, 2.05) is 19.1 Å². The monoisotopic (exact) mass is 742 g/mol. The van der Waals surface area contributed by atoms with Crippen molar-refractivity contribution in [1.82, 2.24) is 4.57 Å². The highest BCUT2D eigenvalue weighted by Crippen LogP contribution is 2.41. The number of ether oxygens (including phenoxy) is 4. The number of halogens is 3. The molecule has 1 aliphatic heterocycles. The van der Waals surface area contributed by atoms with Gasteiger partial charge in [0, 0.05) is 14.5 Å². The molecule has 12 heteroatoms. The van der Waals surface area contributed by atoms with Crippen molar-refractivity contribution < 1.29 is 23.7 Å². The predicted octanol–water partition coefficient (Wildman–Crippen LogP) is 5.50. The van der Waals surface area contributed by atoms with Crippen molar-refractivity contribution in [2.75, 3.05) is 27.4 Å². The van der Waals surface area contributed by atoms with Gasteiger partial charge >= 0.3 is 5.97 Å². The fraction of sp³-hybridized carbons (Fsp3) is 0.296. The number of hydrogen-bond donors (Lipinski definition) is 0. The van der Waals surface area contributed by atoms with Gasteiger partial charge in [0.05, 0.1) is 53.8 Å². The number of esters is 1. The number of aromatic nitrogens is 1. The molecule has 0 spiro atoms. The Hall–Kier alpha value is -2.41. The first kappa shape index (κ1) is 29.6. The second-order valence-electron chi connectivity index (χ2n) is 8.27. The number of thiazole rings is 1. The van der Waals surface area contributed by atoms with Crippen LogP contribution in [0.2, 0.25) is 0 Å². The zero-order valence-electron chi connectivity index (χ0n) is 21.8. The zero-order valence-corrected chi connectivity index (χ0v) is 27.3. The van der Waals surface area contributed by atoms with Crippen LogP contribution in [0, 0.1) is 0 Å². The van der Waals surface area contributed by atoms with Crippen LogP contribution in [0.5, 0.6) is 17.2 Å². The van der Waals surface area contributed by atoms with Crippen LogP contribution in [0.15, 0.2) is 58.7 Å². The van der Waals surface area contributed by atoms with Crippen molar-refractivity contribution in [3.05, 3.63) is 79.8 Å². The molecule has 1 aliphatic rings. The van der Waals surface area contributed by atoms with E-state index < -0.39 is 12.0 Å². The number of rotatable bonds is 8. The minimum Gasteiger partial charge on any atom is -0.495 e. The van der Waals surface area contributed by atoms with Crippen LogP contribution in [0.1, 0.15) is 37.9 Å². The van der Waals surface area contributed by atoms with Gasteiger partial charge in [0.2, 0.25) is 0 Å². The summed E-state index contributed by atoms with van der Waals surface area (Å²) in [5, 5.41) is 0. The summed E-state index contributed by atoms with van der Waals surface area (Å²) in [6, 6.07) is 6.45. The third kappa shape index (κ3) is 5.75. The Morgan fingerprint density at radius 3 is 2.44 bits per heavy atom. The maximum atomic E-state index is 14.0. The van der Waals surface area contributed by atoms with E-state index in [0.29, 0.717) is 54.5 Å². The van der Waals surface area contributed by atoms with Gasteiger partial charge in [-0.3, -0.25) is 9.36 Å². The first-order valence-electron chi connectivity index (χ1n) is 11.9. The maximum absolute atomic E-state index is 14.0. The standard InChI is InChI=1S/C27H25Br3N2O6S/c1-6-37-20-12-17(29)16(11-19(20)35-4)23-22(26(34)38-7-2)13(3)31-27-32(23)25(33)21(39-27)9-14-8-15(28)10-18(30)24(14)36-5/h8-12,23H,6-7H2,1-5H3/b21-9+/t23-/m1/s1. The Balaban J connectivity index is 2.03. The van der Waals surface area contributed by atoms with Gasteiger partial charge in [0.1, 0.15) is 5.75 Å². The van der Waals surface area contributed by atoms with E-state index in [2.05, 4.69) is 52.8 Å². The van der Waals surface area contributed by atoms with Crippen molar-refractivity contribution in [3.63, 3.8) is 0 Å². The van der Waals surface area contributed by atoms with Gasteiger partial charge in [-0.25, -0.2) is 9.79 Å². The first-order valence-corrected chi connectivity index (χ1v) is 15.1. The van der Waals surface area contributed by atoms with Crippen LogP contribution in [0.4, 0.5) is 0 Å². The third-order valence-electron chi connectivity index (χ3n) is 5.92. The Kier molecular flexibility index (Phi) is 9.41. The molecular weight excluding hydrogens is 720 g/mol. The highest BCUT2D eigenvalue weighted by Gasteiger charge is 2.35. The summed E-state index contributed by atoms with van der Waals surface area (Å²) in [6.07, 6.45) is 1.76. The number of methoxy groups -OCH3 is 2. The highest BCUT2D eigenvalue weighted by molar-refractivity contribution is 9.11. The highest BCUT2D eigenvalue weighted by atomic mass is 79.9. The number of allylic oxidation sites excluding steroid dienone is 1. The third-order valence-corrected chi connectivity index (χ3v) is 8.64. The minimum absolute atomic E-state index is 0.179. The van der Waals surface area contributed by atoms with Crippen LogP contribution >= 0.6 is 59.1 Å². The first-order chi connectivity index (χ1) is 18.6. The van der Waals surface area contributed by atoms with Crippen LogP contribution in [0.25, 0.3) is 6.08 Å². The molecule has 0 aliphatic carbocycles. The average Bonchev–Trinajstić information content (AvgIpc) is 3.18. The molecule has 0 bridgehead atoms. The number of benzene rings is 2. The SMILES string of the molecule is CCOC(=O)C1=C(C)N=c2s/c(=C/c3cc(Br)cc(Br)c3OC)c(=O)n2[C@@H]1c1cc(OC)c(OCC)cc1Br. The molecule has 3 aromatic rings. The van der Waals surface area contributed by atoms with Gasteiger partial charge in [-0.15, -0.1) is 0 Å². The summed E-state index contributed by atoms with van der Waals surface area (Å²) in [6.45, 7) is 5.98. The fourth-order valence-electron chi connectivity index (χ4n) is 4.32. The van der Waals surface area contributed by atoms with E-state index in [0.717, 1.165) is 8.95 Å². The summed E-state index contributed by atoms with van der Waals surface area (Å²) in [4.78, 5) is 32.4. The molecule has 0 amide bonds. The fourth-order valence-corrected chi connectivity index (χ4v) is 7.31. The largest absolute Gasteiger partial charge is 0.495 e. The van der Waals surface area contributed by atoms with Gasteiger partial charge < -0.3 is 18.9 Å². The van der Waals surface area contributed by atoms with E-state index in [1.54, 1.807) is 39.2 Å². The van der Waals surface area contributed by atoms with Crippen molar-refractivity contribution in [2.45, 2.75) is 26.8 Å². The molecular formula is C27H25Br3N2O6S. The molecule has 0 fully saturated rings. The summed E-state index contributed by atoms with van der Waals surface area (Å²) >= 11 is 11.9. The van der Waals surface area contributed by atoms with Gasteiger partial charge in [0.15, 0.2) is 16.3 Å². The predicted molar refractivity (Wildman–Crippen MR) is 161 cm³/mol.